The molecule has 0 aliphatic heterocycles. The van der Waals surface area contributed by atoms with E-state index in [1.54, 1.807) is 13.1 Å². The highest BCUT2D eigenvalue weighted by Crippen LogP contribution is 2.06. The number of carbonyl (C=O) groups excluding carboxylic acids is 1. The second-order valence-electron chi connectivity index (χ2n) is 4.30. The van der Waals surface area contributed by atoms with E-state index in [9.17, 15) is 9.59 Å². The van der Waals surface area contributed by atoms with Crippen molar-refractivity contribution in [1.82, 2.24) is 15.6 Å². The molecule has 0 bridgehead atoms. The van der Waals surface area contributed by atoms with Gasteiger partial charge < -0.3 is 20.2 Å². The van der Waals surface area contributed by atoms with Crippen molar-refractivity contribution in [2.24, 2.45) is 5.92 Å². The van der Waals surface area contributed by atoms with E-state index in [0.29, 0.717) is 24.6 Å². The summed E-state index contributed by atoms with van der Waals surface area (Å²) in [5.74, 6) is 0.200. The Bertz CT molecular complexity index is 430. The summed E-state index contributed by atoms with van der Waals surface area (Å²) in [4.78, 5) is 26.0. The van der Waals surface area contributed by atoms with Crippen molar-refractivity contribution < 1.29 is 19.1 Å². The Balaban J connectivity index is 2.25. The van der Waals surface area contributed by atoms with Gasteiger partial charge in [0.05, 0.1) is 12.7 Å². The highest BCUT2D eigenvalue weighted by molar-refractivity contribution is 5.73. The molecular formula is C12H19N3O4. The minimum atomic E-state index is -0.857. The van der Waals surface area contributed by atoms with E-state index in [0.717, 1.165) is 0 Å². The van der Waals surface area contributed by atoms with Crippen LogP contribution in [0.3, 0.4) is 0 Å². The summed E-state index contributed by atoms with van der Waals surface area (Å²) in [5.41, 5.74) is 0. The second kappa shape index (κ2) is 7.40. The van der Waals surface area contributed by atoms with Crippen LogP contribution in [0.15, 0.2) is 10.6 Å². The molecule has 0 aromatic carbocycles. The van der Waals surface area contributed by atoms with E-state index >= 15 is 0 Å². The summed E-state index contributed by atoms with van der Waals surface area (Å²) >= 11 is 0. The number of nitrogens with zero attached hydrogens (tertiary/aromatic N) is 1. The Morgan fingerprint density at radius 2 is 2.21 bits per heavy atom. The Morgan fingerprint density at radius 3 is 2.74 bits per heavy atom. The number of aliphatic carboxylic acids is 1. The zero-order chi connectivity index (χ0) is 14.3. The molecule has 1 heterocycles. The lowest BCUT2D eigenvalue weighted by Crippen LogP contribution is -2.38. The van der Waals surface area contributed by atoms with Gasteiger partial charge in [-0.3, -0.25) is 4.79 Å². The lowest BCUT2D eigenvalue weighted by molar-refractivity contribution is -0.138. The fourth-order valence-electron chi connectivity index (χ4n) is 1.55. The lowest BCUT2D eigenvalue weighted by atomic mass is 10.0. The smallest absolute Gasteiger partial charge is 0.315 e. The molecule has 1 aromatic heterocycles. The number of hydrogen-bond donors (Lipinski definition) is 3. The van der Waals surface area contributed by atoms with Gasteiger partial charge in [-0.15, -0.1) is 0 Å². The standard InChI is InChI=1S/C12H19N3O4/c1-3-9(4-11(16)17)6-14-12(18)15-7-10-13-5-8(2)19-10/h5,9H,3-4,6-7H2,1-2H3,(H,16,17)(H2,14,15,18). The number of hydrogen-bond acceptors (Lipinski definition) is 4. The number of carboxylic acids is 1. The van der Waals surface area contributed by atoms with Gasteiger partial charge in [-0.1, -0.05) is 13.3 Å². The maximum Gasteiger partial charge on any atom is 0.315 e. The van der Waals surface area contributed by atoms with E-state index in [-0.39, 0.29) is 24.9 Å². The summed E-state index contributed by atoms with van der Waals surface area (Å²) in [5, 5.41) is 13.9. The van der Waals surface area contributed by atoms with Crippen LogP contribution >= 0.6 is 0 Å². The average Bonchev–Trinajstić information content (AvgIpc) is 2.77. The number of oxazole rings is 1. The Hall–Kier alpha value is -2.05. The molecule has 0 aliphatic carbocycles. The number of nitrogens with one attached hydrogen (secondary N) is 2. The van der Waals surface area contributed by atoms with Crippen LogP contribution in [0.5, 0.6) is 0 Å². The van der Waals surface area contributed by atoms with Gasteiger partial charge in [0.15, 0.2) is 0 Å². The first-order valence-electron chi connectivity index (χ1n) is 6.16. The highest BCUT2D eigenvalue weighted by Gasteiger charge is 2.12. The van der Waals surface area contributed by atoms with E-state index in [1.165, 1.54) is 0 Å². The predicted octanol–water partition coefficient (Wildman–Crippen LogP) is 1.28. The molecule has 0 saturated carbocycles. The molecule has 0 fully saturated rings. The SMILES string of the molecule is CCC(CNC(=O)NCc1ncc(C)o1)CC(=O)O. The van der Waals surface area contributed by atoms with Crippen molar-refractivity contribution in [2.45, 2.75) is 33.2 Å². The van der Waals surface area contributed by atoms with Gasteiger partial charge in [-0.2, -0.15) is 0 Å². The first-order chi connectivity index (χ1) is 9.01. The average molecular weight is 269 g/mol. The third-order valence-electron chi connectivity index (χ3n) is 2.66. The molecule has 7 nitrogen and oxygen atoms in total. The van der Waals surface area contributed by atoms with Crippen LogP contribution in [0, 0.1) is 12.8 Å². The molecule has 19 heavy (non-hydrogen) atoms. The molecule has 106 valence electrons. The largest absolute Gasteiger partial charge is 0.481 e. The van der Waals surface area contributed by atoms with Gasteiger partial charge >= 0.3 is 12.0 Å². The minimum absolute atomic E-state index is 0.0513. The van der Waals surface area contributed by atoms with Crippen molar-refractivity contribution in [3.63, 3.8) is 0 Å². The molecular weight excluding hydrogens is 250 g/mol. The molecule has 1 unspecified atom stereocenters. The summed E-state index contributed by atoms with van der Waals surface area (Å²) in [6.45, 7) is 4.20. The van der Waals surface area contributed by atoms with Crippen molar-refractivity contribution >= 4 is 12.0 Å². The zero-order valence-corrected chi connectivity index (χ0v) is 11.1. The van der Waals surface area contributed by atoms with Crippen molar-refractivity contribution in [3.05, 3.63) is 17.8 Å². The van der Waals surface area contributed by atoms with E-state index < -0.39 is 5.97 Å². The van der Waals surface area contributed by atoms with Crippen LogP contribution < -0.4 is 10.6 Å². The summed E-state index contributed by atoms with van der Waals surface area (Å²) in [6.07, 6.45) is 2.33. The number of urea groups is 1. The zero-order valence-electron chi connectivity index (χ0n) is 11.1. The van der Waals surface area contributed by atoms with Crippen LogP contribution in [0.25, 0.3) is 0 Å². The molecule has 0 radical (unpaired) electrons. The summed E-state index contributed by atoms with van der Waals surface area (Å²) < 4.78 is 5.20. The fraction of sp³-hybridized carbons (Fsp3) is 0.583. The third-order valence-corrected chi connectivity index (χ3v) is 2.66. The van der Waals surface area contributed by atoms with E-state index in [4.69, 9.17) is 9.52 Å². The van der Waals surface area contributed by atoms with Crippen LogP contribution in [0.4, 0.5) is 4.79 Å². The Labute approximate surface area is 111 Å². The number of amides is 2. The molecule has 0 spiro atoms. The normalized spacial score (nSPS) is 11.9. The van der Waals surface area contributed by atoms with E-state index in [1.807, 2.05) is 6.92 Å². The lowest BCUT2D eigenvalue weighted by Gasteiger charge is -2.13. The van der Waals surface area contributed by atoms with Crippen molar-refractivity contribution in [3.8, 4) is 0 Å². The minimum Gasteiger partial charge on any atom is -0.481 e. The van der Waals surface area contributed by atoms with Crippen LogP contribution in [0.1, 0.15) is 31.4 Å². The first kappa shape index (κ1) is 15.0. The van der Waals surface area contributed by atoms with Gasteiger partial charge in [-0.05, 0) is 12.8 Å². The molecule has 0 saturated heterocycles. The molecule has 7 heteroatoms. The second-order valence-corrected chi connectivity index (χ2v) is 4.30. The maximum absolute atomic E-state index is 11.5. The van der Waals surface area contributed by atoms with Gasteiger partial charge in [0.25, 0.3) is 0 Å². The Kier molecular flexibility index (Phi) is 5.84. The van der Waals surface area contributed by atoms with Crippen molar-refractivity contribution in [2.75, 3.05) is 6.54 Å². The fourth-order valence-corrected chi connectivity index (χ4v) is 1.55. The topological polar surface area (TPSA) is 104 Å². The van der Waals surface area contributed by atoms with E-state index in [2.05, 4.69) is 15.6 Å². The highest BCUT2D eigenvalue weighted by atomic mass is 16.4. The maximum atomic E-state index is 11.5. The number of carbonyl (C=O) groups is 2. The van der Waals surface area contributed by atoms with Crippen LogP contribution in [0.2, 0.25) is 0 Å². The summed E-state index contributed by atoms with van der Waals surface area (Å²) in [6, 6.07) is -0.361. The molecule has 0 aliphatic rings. The van der Waals surface area contributed by atoms with Crippen LogP contribution in [-0.4, -0.2) is 28.6 Å². The summed E-state index contributed by atoms with van der Waals surface area (Å²) in [7, 11) is 0. The van der Waals surface area contributed by atoms with Gasteiger partial charge in [0.1, 0.15) is 5.76 Å². The first-order valence-corrected chi connectivity index (χ1v) is 6.16. The molecule has 1 rings (SSSR count). The molecule has 1 atom stereocenters. The molecule has 3 N–H and O–H groups in total. The van der Waals surface area contributed by atoms with Gasteiger partial charge in [0.2, 0.25) is 5.89 Å². The Morgan fingerprint density at radius 1 is 1.47 bits per heavy atom. The molecule has 2 amide bonds. The number of rotatable bonds is 7. The number of aromatic nitrogens is 1. The third kappa shape index (κ3) is 5.89. The monoisotopic (exact) mass is 269 g/mol. The quantitative estimate of drug-likeness (QED) is 0.691. The van der Waals surface area contributed by atoms with Gasteiger partial charge in [0, 0.05) is 13.0 Å². The van der Waals surface area contributed by atoms with Crippen LogP contribution in [-0.2, 0) is 11.3 Å². The number of aryl methyl sites for hydroxylation is 1. The van der Waals surface area contributed by atoms with Crippen molar-refractivity contribution in [1.29, 1.82) is 0 Å². The molecule has 1 aromatic rings. The number of carboxylic acid groups (broad SMARTS) is 1. The predicted molar refractivity (Wildman–Crippen MR) is 67.5 cm³/mol. The van der Waals surface area contributed by atoms with Gasteiger partial charge in [-0.25, -0.2) is 9.78 Å².